The first-order valence-corrected chi connectivity index (χ1v) is 7.57. The minimum Gasteiger partial charge on any atom is -0.481 e. The third kappa shape index (κ3) is 3.86. The summed E-state index contributed by atoms with van der Waals surface area (Å²) in [6.07, 6.45) is 2.57. The van der Waals surface area contributed by atoms with Crippen LogP contribution in [0.15, 0.2) is 0 Å². The van der Waals surface area contributed by atoms with Gasteiger partial charge in [-0.3, -0.25) is 9.59 Å². The Morgan fingerprint density at radius 3 is 2.43 bits per heavy atom. The van der Waals surface area contributed by atoms with Gasteiger partial charge in [0.15, 0.2) is 0 Å². The average Bonchev–Trinajstić information content (AvgIpc) is 2.47. The van der Waals surface area contributed by atoms with Gasteiger partial charge in [-0.1, -0.05) is 0 Å². The number of carbonyl (C=O) groups is 3. The van der Waals surface area contributed by atoms with E-state index < -0.39 is 5.97 Å². The van der Waals surface area contributed by atoms with Gasteiger partial charge in [0.2, 0.25) is 5.91 Å². The van der Waals surface area contributed by atoms with Gasteiger partial charge in [0, 0.05) is 25.7 Å². The molecule has 0 spiro atoms. The second-order valence-electron chi connectivity index (χ2n) is 5.73. The monoisotopic (exact) mass is 297 g/mol. The highest BCUT2D eigenvalue weighted by molar-refractivity contribution is 5.85. The third-order valence-corrected chi connectivity index (χ3v) is 4.39. The van der Waals surface area contributed by atoms with Crippen molar-refractivity contribution >= 4 is 17.9 Å². The van der Waals surface area contributed by atoms with E-state index in [9.17, 15) is 14.4 Å². The van der Waals surface area contributed by atoms with Gasteiger partial charge in [-0.05, 0) is 32.6 Å². The summed E-state index contributed by atoms with van der Waals surface area (Å²) in [6, 6.07) is -0.190. The van der Waals surface area contributed by atoms with Gasteiger partial charge in [0.25, 0.3) is 0 Å². The molecule has 118 valence electrons. The third-order valence-electron chi connectivity index (χ3n) is 4.39. The Bertz CT molecular complexity index is 418. The summed E-state index contributed by atoms with van der Waals surface area (Å²) < 4.78 is 0. The van der Waals surface area contributed by atoms with E-state index in [1.165, 1.54) is 4.90 Å². The van der Waals surface area contributed by atoms with Crippen molar-refractivity contribution < 1.29 is 19.5 Å². The number of likely N-dealkylation sites (N-methyl/N-ethyl adjacent to an activating group) is 1. The van der Waals surface area contributed by atoms with Gasteiger partial charge in [-0.2, -0.15) is 0 Å². The number of hydrogen-bond donors (Lipinski definition) is 2. The van der Waals surface area contributed by atoms with E-state index in [1.54, 1.807) is 4.90 Å². The van der Waals surface area contributed by atoms with Gasteiger partial charge in [-0.15, -0.1) is 0 Å². The largest absolute Gasteiger partial charge is 0.481 e. The summed E-state index contributed by atoms with van der Waals surface area (Å²) in [7, 11) is 0. The number of nitrogens with one attached hydrogen (secondary N) is 1. The van der Waals surface area contributed by atoms with E-state index in [-0.39, 0.29) is 30.4 Å². The topological polar surface area (TPSA) is 89.9 Å². The minimum absolute atomic E-state index is 0.0199. The maximum absolute atomic E-state index is 12.2. The highest BCUT2D eigenvalue weighted by Gasteiger charge is 2.30. The lowest BCUT2D eigenvalue weighted by molar-refractivity contribution is -0.143. The van der Waals surface area contributed by atoms with E-state index in [2.05, 4.69) is 5.32 Å². The minimum atomic E-state index is -0.749. The Morgan fingerprint density at radius 2 is 1.90 bits per heavy atom. The molecule has 7 heteroatoms. The lowest BCUT2D eigenvalue weighted by atomic mass is 9.86. The standard InChI is InChI=1S/C14H23N3O4/c1-2-16-7-8-17(9-12(16)18)14(21)15-11-5-3-10(4-6-11)13(19)20/h10-11H,2-9H2,1H3,(H,15,21)(H,19,20). The highest BCUT2D eigenvalue weighted by atomic mass is 16.4. The average molecular weight is 297 g/mol. The number of piperazine rings is 1. The first-order valence-electron chi connectivity index (χ1n) is 7.57. The molecule has 0 atom stereocenters. The molecular formula is C14H23N3O4. The molecule has 2 N–H and O–H groups in total. The number of carbonyl (C=O) groups excluding carboxylic acids is 2. The Hall–Kier alpha value is -1.79. The fourth-order valence-corrected chi connectivity index (χ4v) is 2.97. The zero-order valence-electron chi connectivity index (χ0n) is 12.4. The van der Waals surface area contributed by atoms with Crippen LogP contribution in [0.25, 0.3) is 0 Å². The fraction of sp³-hybridized carbons (Fsp3) is 0.786. The van der Waals surface area contributed by atoms with Crippen LogP contribution in [0.3, 0.4) is 0 Å². The van der Waals surface area contributed by atoms with Crippen LogP contribution in [-0.2, 0) is 9.59 Å². The number of carboxylic acids is 1. The van der Waals surface area contributed by atoms with Crippen LogP contribution in [-0.4, -0.2) is 65.0 Å². The van der Waals surface area contributed by atoms with Crippen LogP contribution in [0.1, 0.15) is 32.6 Å². The zero-order valence-corrected chi connectivity index (χ0v) is 12.4. The Labute approximate surface area is 124 Å². The summed E-state index contributed by atoms with van der Waals surface area (Å²) in [6.45, 7) is 3.86. The molecular weight excluding hydrogens is 274 g/mol. The van der Waals surface area contributed by atoms with Crippen LogP contribution in [0.4, 0.5) is 4.79 Å². The second kappa shape index (κ2) is 6.78. The summed E-state index contributed by atoms with van der Waals surface area (Å²) in [5, 5.41) is 11.9. The highest BCUT2D eigenvalue weighted by Crippen LogP contribution is 2.24. The van der Waals surface area contributed by atoms with E-state index in [4.69, 9.17) is 5.11 Å². The molecule has 2 rings (SSSR count). The van der Waals surface area contributed by atoms with Gasteiger partial charge in [-0.25, -0.2) is 4.79 Å². The fourth-order valence-electron chi connectivity index (χ4n) is 2.97. The molecule has 1 aliphatic heterocycles. The molecule has 1 saturated heterocycles. The SMILES string of the molecule is CCN1CCN(C(=O)NC2CCC(C(=O)O)CC2)CC1=O. The summed E-state index contributed by atoms with van der Waals surface area (Å²) >= 11 is 0. The molecule has 0 unspecified atom stereocenters. The van der Waals surface area contributed by atoms with Crippen molar-refractivity contribution in [1.82, 2.24) is 15.1 Å². The molecule has 0 aromatic carbocycles. The normalized spacial score (nSPS) is 26.6. The lowest BCUT2D eigenvalue weighted by Crippen LogP contribution is -2.56. The predicted octanol–water partition coefficient (Wildman–Crippen LogP) is 0.503. The van der Waals surface area contributed by atoms with Crippen LogP contribution in [0, 0.1) is 5.92 Å². The van der Waals surface area contributed by atoms with E-state index >= 15 is 0 Å². The second-order valence-corrected chi connectivity index (χ2v) is 5.73. The van der Waals surface area contributed by atoms with Crippen molar-refractivity contribution in [3.05, 3.63) is 0 Å². The van der Waals surface area contributed by atoms with Crippen LogP contribution in [0.2, 0.25) is 0 Å². The molecule has 0 aromatic rings. The van der Waals surface area contributed by atoms with Gasteiger partial charge >= 0.3 is 12.0 Å². The predicted molar refractivity (Wildman–Crippen MR) is 75.7 cm³/mol. The van der Waals surface area contributed by atoms with Crippen molar-refractivity contribution in [2.24, 2.45) is 5.92 Å². The lowest BCUT2D eigenvalue weighted by Gasteiger charge is -2.35. The van der Waals surface area contributed by atoms with Gasteiger partial charge in [0.1, 0.15) is 6.54 Å². The smallest absolute Gasteiger partial charge is 0.318 e. The molecule has 1 saturated carbocycles. The molecule has 0 radical (unpaired) electrons. The molecule has 2 aliphatic rings. The Kier molecular flexibility index (Phi) is 5.03. The maximum Gasteiger partial charge on any atom is 0.318 e. The molecule has 0 aromatic heterocycles. The summed E-state index contributed by atoms with van der Waals surface area (Å²) in [5.74, 6) is -1.05. The Morgan fingerprint density at radius 1 is 1.24 bits per heavy atom. The number of carboxylic acid groups (broad SMARTS) is 1. The molecule has 1 aliphatic carbocycles. The van der Waals surface area contributed by atoms with Crippen molar-refractivity contribution in [2.45, 2.75) is 38.6 Å². The van der Waals surface area contributed by atoms with Crippen LogP contribution in [0.5, 0.6) is 0 Å². The number of rotatable bonds is 3. The molecule has 3 amide bonds. The van der Waals surface area contributed by atoms with E-state index in [0.717, 1.165) is 0 Å². The molecule has 2 fully saturated rings. The molecule has 1 heterocycles. The maximum atomic E-state index is 12.2. The van der Waals surface area contributed by atoms with Gasteiger partial charge < -0.3 is 20.2 Å². The van der Waals surface area contributed by atoms with Crippen molar-refractivity contribution in [1.29, 1.82) is 0 Å². The van der Waals surface area contributed by atoms with Crippen LogP contribution < -0.4 is 5.32 Å². The Balaban J connectivity index is 1.78. The van der Waals surface area contributed by atoms with Crippen molar-refractivity contribution in [3.8, 4) is 0 Å². The summed E-state index contributed by atoms with van der Waals surface area (Å²) in [4.78, 5) is 38.1. The van der Waals surface area contributed by atoms with E-state index in [0.29, 0.717) is 45.3 Å². The molecule has 0 bridgehead atoms. The zero-order chi connectivity index (χ0) is 15.4. The molecule has 7 nitrogen and oxygen atoms in total. The number of aliphatic carboxylic acids is 1. The summed E-state index contributed by atoms with van der Waals surface area (Å²) in [5.41, 5.74) is 0. The number of nitrogens with zero attached hydrogens (tertiary/aromatic N) is 2. The number of hydrogen-bond acceptors (Lipinski definition) is 3. The quantitative estimate of drug-likeness (QED) is 0.794. The first kappa shape index (κ1) is 15.6. The number of amides is 3. The van der Waals surface area contributed by atoms with Crippen LogP contribution >= 0.6 is 0 Å². The van der Waals surface area contributed by atoms with E-state index in [1.807, 2.05) is 6.92 Å². The van der Waals surface area contributed by atoms with Gasteiger partial charge in [0.05, 0.1) is 5.92 Å². The number of urea groups is 1. The van der Waals surface area contributed by atoms with Crippen molar-refractivity contribution in [2.75, 3.05) is 26.2 Å². The van der Waals surface area contributed by atoms with Crippen molar-refractivity contribution in [3.63, 3.8) is 0 Å². The first-order chi connectivity index (χ1) is 10.0. The molecule has 21 heavy (non-hydrogen) atoms.